The highest BCUT2D eigenvalue weighted by molar-refractivity contribution is 7.14. The Morgan fingerprint density at radius 3 is 2.92 bits per heavy atom. The predicted molar refractivity (Wildman–Crippen MR) is 52.8 cm³/mol. The van der Waals surface area contributed by atoms with Crippen LogP contribution in [0.25, 0.3) is 0 Å². The van der Waals surface area contributed by atoms with Crippen LogP contribution in [-0.2, 0) is 4.74 Å². The van der Waals surface area contributed by atoms with Crippen LogP contribution in [0.1, 0.15) is 18.6 Å². The highest BCUT2D eigenvalue weighted by atomic mass is 35.5. The Morgan fingerprint density at radius 2 is 2.50 bits per heavy atom. The summed E-state index contributed by atoms with van der Waals surface area (Å²) in [5.41, 5.74) is 6.55. The van der Waals surface area contributed by atoms with E-state index >= 15 is 0 Å². The molecule has 1 heterocycles. The van der Waals surface area contributed by atoms with Crippen LogP contribution in [0, 0.1) is 0 Å². The average molecular weight is 206 g/mol. The van der Waals surface area contributed by atoms with Gasteiger partial charge in [-0.05, 0) is 18.4 Å². The Balaban J connectivity index is 2.72. The quantitative estimate of drug-likeness (QED) is 0.820. The number of hydrogen-bond donors (Lipinski definition) is 1. The molecule has 0 amide bonds. The van der Waals surface area contributed by atoms with Gasteiger partial charge in [-0.3, -0.25) is 0 Å². The van der Waals surface area contributed by atoms with Crippen LogP contribution in [0.15, 0.2) is 11.4 Å². The summed E-state index contributed by atoms with van der Waals surface area (Å²) in [5.74, 6) is 0. The first kappa shape index (κ1) is 9.99. The molecule has 1 rings (SSSR count). The molecule has 0 aliphatic carbocycles. The van der Waals surface area contributed by atoms with E-state index in [0.717, 1.165) is 9.90 Å². The van der Waals surface area contributed by atoms with Crippen molar-refractivity contribution < 1.29 is 4.74 Å². The van der Waals surface area contributed by atoms with Gasteiger partial charge in [-0.25, -0.2) is 0 Å². The fourth-order valence-electron chi connectivity index (χ4n) is 1.02. The van der Waals surface area contributed by atoms with Gasteiger partial charge < -0.3 is 10.5 Å². The Bertz CT molecular complexity index is 239. The Kier molecular flexibility index (Phi) is 4.01. The summed E-state index contributed by atoms with van der Waals surface area (Å²) in [6, 6.07) is 1.96. The number of hydrogen-bond acceptors (Lipinski definition) is 3. The first-order valence-electron chi connectivity index (χ1n) is 3.84. The summed E-state index contributed by atoms with van der Waals surface area (Å²) in [7, 11) is 0. The average Bonchev–Trinajstić information content (AvgIpc) is 2.47. The zero-order chi connectivity index (χ0) is 8.97. The lowest BCUT2D eigenvalue weighted by Gasteiger charge is -2.13. The van der Waals surface area contributed by atoms with E-state index in [-0.39, 0.29) is 6.10 Å². The molecule has 0 aliphatic rings. The molecule has 1 aromatic heterocycles. The van der Waals surface area contributed by atoms with Crippen molar-refractivity contribution in [3.63, 3.8) is 0 Å². The smallest absolute Gasteiger partial charge is 0.0987 e. The summed E-state index contributed by atoms with van der Waals surface area (Å²) in [4.78, 5) is 0. The van der Waals surface area contributed by atoms with E-state index in [2.05, 4.69) is 0 Å². The molecule has 1 unspecified atom stereocenters. The molecule has 1 aromatic rings. The van der Waals surface area contributed by atoms with Gasteiger partial charge in [0.15, 0.2) is 0 Å². The Hall–Kier alpha value is -0.0900. The number of rotatable bonds is 4. The number of ether oxygens (including phenoxy) is 1. The van der Waals surface area contributed by atoms with E-state index in [0.29, 0.717) is 13.2 Å². The van der Waals surface area contributed by atoms with Crippen molar-refractivity contribution in [3.05, 3.63) is 21.3 Å². The molecule has 0 spiro atoms. The molecule has 68 valence electrons. The fourth-order valence-corrected chi connectivity index (χ4v) is 2.03. The van der Waals surface area contributed by atoms with E-state index < -0.39 is 0 Å². The van der Waals surface area contributed by atoms with Crippen LogP contribution in [0.5, 0.6) is 0 Å². The van der Waals surface area contributed by atoms with Gasteiger partial charge in [-0.2, -0.15) is 0 Å². The first-order chi connectivity index (χ1) is 5.79. The minimum atomic E-state index is -0.0475. The van der Waals surface area contributed by atoms with E-state index in [4.69, 9.17) is 22.1 Å². The fraction of sp³-hybridized carbons (Fsp3) is 0.500. The monoisotopic (exact) mass is 205 g/mol. The number of nitrogens with two attached hydrogens (primary N) is 1. The van der Waals surface area contributed by atoms with Gasteiger partial charge in [-0.1, -0.05) is 11.6 Å². The molecule has 2 nitrogen and oxygen atoms in total. The van der Waals surface area contributed by atoms with Gasteiger partial charge >= 0.3 is 0 Å². The van der Waals surface area contributed by atoms with Gasteiger partial charge in [0.05, 0.1) is 10.4 Å². The van der Waals surface area contributed by atoms with Crippen LogP contribution < -0.4 is 5.73 Å². The van der Waals surface area contributed by atoms with Gasteiger partial charge in [-0.15, -0.1) is 11.3 Å². The zero-order valence-corrected chi connectivity index (χ0v) is 8.49. The van der Waals surface area contributed by atoms with E-state index in [9.17, 15) is 0 Å². The van der Waals surface area contributed by atoms with Crippen molar-refractivity contribution in [1.82, 2.24) is 0 Å². The Morgan fingerprint density at radius 1 is 1.75 bits per heavy atom. The largest absolute Gasteiger partial charge is 0.372 e. The molecule has 0 radical (unpaired) electrons. The third-order valence-electron chi connectivity index (χ3n) is 1.57. The maximum absolute atomic E-state index is 5.93. The highest BCUT2D eigenvalue weighted by Gasteiger charge is 2.13. The molecule has 0 bridgehead atoms. The number of halogens is 1. The summed E-state index contributed by atoms with van der Waals surface area (Å²) >= 11 is 7.44. The molecule has 0 saturated heterocycles. The highest BCUT2D eigenvalue weighted by Crippen LogP contribution is 2.29. The second kappa shape index (κ2) is 4.82. The van der Waals surface area contributed by atoms with Gasteiger partial charge in [0.2, 0.25) is 0 Å². The van der Waals surface area contributed by atoms with Crippen molar-refractivity contribution in [2.24, 2.45) is 5.73 Å². The molecule has 4 heteroatoms. The minimum Gasteiger partial charge on any atom is -0.372 e. The van der Waals surface area contributed by atoms with Gasteiger partial charge in [0, 0.05) is 18.7 Å². The third-order valence-corrected chi connectivity index (χ3v) is 2.78. The molecule has 12 heavy (non-hydrogen) atoms. The van der Waals surface area contributed by atoms with Crippen molar-refractivity contribution in [1.29, 1.82) is 0 Å². The third kappa shape index (κ3) is 2.20. The van der Waals surface area contributed by atoms with Crippen molar-refractivity contribution in [2.45, 2.75) is 13.0 Å². The normalized spacial score (nSPS) is 13.2. The molecule has 0 saturated carbocycles. The predicted octanol–water partition coefficient (Wildman–Crippen LogP) is 2.44. The van der Waals surface area contributed by atoms with E-state index in [1.54, 1.807) is 0 Å². The van der Waals surface area contributed by atoms with Crippen molar-refractivity contribution in [3.8, 4) is 0 Å². The van der Waals surface area contributed by atoms with E-state index in [1.807, 2.05) is 18.4 Å². The molecular weight excluding hydrogens is 194 g/mol. The lowest BCUT2D eigenvalue weighted by Crippen LogP contribution is -2.15. The standard InChI is InChI=1S/C8H12ClNOS/c1-2-11-7(5-10)6-3-4-12-8(6)9/h3-4,7H,2,5,10H2,1H3. The van der Waals surface area contributed by atoms with E-state index in [1.165, 1.54) is 11.3 Å². The second-order valence-corrected chi connectivity index (χ2v) is 3.85. The molecule has 0 aromatic carbocycles. The molecule has 0 aliphatic heterocycles. The summed E-state index contributed by atoms with van der Waals surface area (Å²) in [6.07, 6.45) is -0.0475. The summed E-state index contributed by atoms with van der Waals surface area (Å²) in [5, 5.41) is 1.94. The lowest BCUT2D eigenvalue weighted by atomic mass is 10.2. The van der Waals surface area contributed by atoms with Crippen molar-refractivity contribution in [2.75, 3.05) is 13.2 Å². The molecular formula is C8H12ClNOS. The molecule has 2 N–H and O–H groups in total. The lowest BCUT2D eigenvalue weighted by molar-refractivity contribution is 0.0692. The SMILES string of the molecule is CCOC(CN)c1ccsc1Cl. The van der Waals surface area contributed by atoms with Crippen LogP contribution in [-0.4, -0.2) is 13.2 Å². The summed E-state index contributed by atoms with van der Waals surface area (Å²) < 4.78 is 6.19. The molecule has 0 fully saturated rings. The van der Waals surface area contributed by atoms with Crippen molar-refractivity contribution >= 4 is 22.9 Å². The number of thiophene rings is 1. The van der Waals surface area contributed by atoms with Gasteiger partial charge in [0.25, 0.3) is 0 Å². The minimum absolute atomic E-state index is 0.0475. The van der Waals surface area contributed by atoms with Crippen LogP contribution in [0.4, 0.5) is 0 Å². The summed E-state index contributed by atoms with van der Waals surface area (Å²) in [6.45, 7) is 3.08. The topological polar surface area (TPSA) is 35.2 Å². The zero-order valence-electron chi connectivity index (χ0n) is 6.92. The maximum Gasteiger partial charge on any atom is 0.0987 e. The van der Waals surface area contributed by atoms with Gasteiger partial charge in [0.1, 0.15) is 0 Å². The second-order valence-electron chi connectivity index (χ2n) is 2.33. The first-order valence-corrected chi connectivity index (χ1v) is 5.10. The maximum atomic E-state index is 5.93. The Labute approximate surface area is 81.3 Å². The van der Waals surface area contributed by atoms with Crippen LogP contribution in [0.2, 0.25) is 4.34 Å². The van der Waals surface area contributed by atoms with Crippen LogP contribution in [0.3, 0.4) is 0 Å². The van der Waals surface area contributed by atoms with Crippen LogP contribution >= 0.6 is 22.9 Å². The molecule has 1 atom stereocenters.